The molecule has 0 radical (unpaired) electrons. The molecule has 0 fully saturated rings. The van der Waals surface area contributed by atoms with E-state index in [1.54, 1.807) is 11.4 Å². The molecule has 1 aromatic heterocycles. The molecule has 0 amide bonds. The van der Waals surface area contributed by atoms with Crippen molar-refractivity contribution in [1.82, 2.24) is 0 Å². The Morgan fingerprint density at radius 3 is 2.67 bits per heavy atom. The van der Waals surface area contributed by atoms with Crippen molar-refractivity contribution >= 4 is 26.5 Å². The number of hydrogen-bond acceptors (Lipinski definition) is 5. The van der Waals surface area contributed by atoms with Gasteiger partial charge in [0.05, 0.1) is 7.11 Å². The first kappa shape index (κ1) is 9.21. The fourth-order valence-corrected chi connectivity index (χ4v) is 2.58. The monoisotopic (exact) mass is 206 g/mol. The minimum absolute atomic E-state index is 0.00866. The molecule has 0 bridgehead atoms. The molecule has 1 rings (SSSR count). The number of hydrogen-bond donors (Lipinski definition) is 0. The zero-order chi connectivity index (χ0) is 9.19. The number of sulfone groups is 1. The summed E-state index contributed by atoms with van der Waals surface area (Å²) in [5.74, 6) is 0. The van der Waals surface area contributed by atoms with Crippen molar-refractivity contribution in [2.24, 2.45) is 0 Å². The lowest BCUT2D eigenvalue weighted by Crippen LogP contribution is -2.13. The molecule has 4 nitrogen and oxygen atoms in total. The van der Waals surface area contributed by atoms with Gasteiger partial charge in [-0.3, -0.25) is 0 Å². The van der Waals surface area contributed by atoms with Crippen molar-refractivity contribution in [3.63, 3.8) is 0 Å². The first-order chi connectivity index (χ1) is 5.59. The molecule has 1 aromatic rings. The molecule has 0 unspecified atom stereocenters. The Morgan fingerprint density at radius 2 is 2.25 bits per heavy atom. The van der Waals surface area contributed by atoms with Gasteiger partial charge in [0.2, 0.25) is 0 Å². The van der Waals surface area contributed by atoms with Crippen LogP contribution in [0.3, 0.4) is 0 Å². The van der Waals surface area contributed by atoms with Crippen molar-refractivity contribution in [2.45, 2.75) is 4.21 Å². The molecule has 0 aliphatic heterocycles. The molecular weight excluding hydrogens is 200 g/mol. The second kappa shape index (κ2) is 3.24. The minimum atomic E-state index is -3.89. The molecule has 6 heteroatoms. The molecule has 0 N–H and O–H groups in total. The van der Waals surface area contributed by atoms with E-state index in [-0.39, 0.29) is 4.21 Å². The van der Waals surface area contributed by atoms with Crippen LogP contribution in [0, 0.1) is 0 Å². The van der Waals surface area contributed by atoms with E-state index in [1.165, 1.54) is 6.07 Å². The number of methoxy groups -OCH3 is 1. The number of thiophene rings is 1. The number of ether oxygens (including phenoxy) is 1. The van der Waals surface area contributed by atoms with Gasteiger partial charge in [0.25, 0.3) is 9.84 Å². The second-order valence-corrected chi connectivity index (χ2v) is 4.88. The van der Waals surface area contributed by atoms with Gasteiger partial charge in [-0.2, -0.15) is 0 Å². The Hall–Kier alpha value is -0.880. The Morgan fingerprint density at radius 1 is 1.58 bits per heavy atom. The largest absolute Gasteiger partial charge is 0.457 e. The highest BCUT2D eigenvalue weighted by Gasteiger charge is 2.26. The molecule has 12 heavy (non-hydrogen) atoms. The first-order valence-corrected chi connectivity index (χ1v) is 5.32. The zero-order valence-corrected chi connectivity index (χ0v) is 7.81. The highest BCUT2D eigenvalue weighted by atomic mass is 32.2. The van der Waals surface area contributed by atoms with Gasteiger partial charge in [-0.15, -0.1) is 11.3 Å². The van der Waals surface area contributed by atoms with E-state index in [4.69, 9.17) is 0 Å². The Labute approximate surface area is 73.7 Å². The van der Waals surface area contributed by atoms with Crippen LogP contribution < -0.4 is 0 Å². The van der Waals surface area contributed by atoms with E-state index in [0.717, 1.165) is 18.4 Å². The molecule has 0 aliphatic carbocycles. The van der Waals surface area contributed by atoms with E-state index in [9.17, 15) is 13.2 Å². The molecule has 0 saturated heterocycles. The van der Waals surface area contributed by atoms with Crippen LogP contribution in [0.1, 0.15) is 0 Å². The number of rotatable bonds is 1. The molecule has 0 aromatic carbocycles. The molecular formula is C6H6O4S2. The van der Waals surface area contributed by atoms with Crippen LogP contribution in [0.2, 0.25) is 0 Å². The lowest BCUT2D eigenvalue weighted by molar-refractivity contribution is 0.197. The molecule has 1 heterocycles. The summed E-state index contributed by atoms with van der Waals surface area (Å²) in [6, 6.07) is 2.91. The quantitative estimate of drug-likeness (QED) is 0.649. The predicted octanol–water partition coefficient (Wildman–Crippen LogP) is 1.29. The predicted molar refractivity (Wildman–Crippen MR) is 43.9 cm³/mol. The lowest BCUT2D eigenvalue weighted by Gasteiger charge is -1.96. The average Bonchev–Trinajstić information content (AvgIpc) is 2.55. The van der Waals surface area contributed by atoms with Crippen LogP contribution in [0.15, 0.2) is 21.7 Å². The maximum absolute atomic E-state index is 11.2. The van der Waals surface area contributed by atoms with Crippen molar-refractivity contribution in [3.8, 4) is 0 Å². The smallest absolute Gasteiger partial charge is 0.430 e. The van der Waals surface area contributed by atoms with Gasteiger partial charge in [0.15, 0.2) is 0 Å². The molecule has 0 spiro atoms. The summed E-state index contributed by atoms with van der Waals surface area (Å²) in [7, 11) is -2.85. The SMILES string of the molecule is COC(=O)S(=O)(=O)c1cccs1. The fourth-order valence-electron chi connectivity index (χ4n) is 0.608. The van der Waals surface area contributed by atoms with E-state index in [0.29, 0.717) is 0 Å². The van der Waals surface area contributed by atoms with Crippen LogP contribution in [0.5, 0.6) is 0 Å². The molecule has 0 saturated carbocycles. The van der Waals surface area contributed by atoms with E-state index in [2.05, 4.69) is 4.74 Å². The summed E-state index contributed by atoms with van der Waals surface area (Å²) >= 11 is 0.985. The van der Waals surface area contributed by atoms with Gasteiger partial charge in [0.1, 0.15) is 4.21 Å². The summed E-state index contributed by atoms with van der Waals surface area (Å²) in [4.78, 5) is 10.7. The highest BCUT2D eigenvalue weighted by Crippen LogP contribution is 2.18. The average molecular weight is 206 g/mol. The van der Waals surface area contributed by atoms with E-state index < -0.39 is 15.1 Å². The Balaban J connectivity index is 3.12. The third-order valence-corrected chi connectivity index (χ3v) is 4.03. The van der Waals surface area contributed by atoms with Crippen LogP contribution in [0.25, 0.3) is 0 Å². The zero-order valence-electron chi connectivity index (χ0n) is 6.18. The second-order valence-electron chi connectivity index (χ2n) is 1.89. The van der Waals surface area contributed by atoms with Crippen LogP contribution in [-0.4, -0.2) is 20.8 Å². The van der Waals surface area contributed by atoms with E-state index >= 15 is 0 Å². The van der Waals surface area contributed by atoms with E-state index in [1.807, 2.05) is 0 Å². The third-order valence-electron chi connectivity index (χ3n) is 1.15. The lowest BCUT2D eigenvalue weighted by atomic mass is 10.7. The first-order valence-electron chi connectivity index (χ1n) is 2.95. The Bertz CT molecular complexity index is 362. The minimum Gasteiger partial charge on any atom is -0.457 e. The highest BCUT2D eigenvalue weighted by molar-refractivity contribution is 8.07. The van der Waals surface area contributed by atoms with Crippen molar-refractivity contribution in [2.75, 3.05) is 7.11 Å². The number of carbonyl (C=O) groups excluding carboxylic acids is 1. The van der Waals surface area contributed by atoms with Crippen LogP contribution in [-0.2, 0) is 14.6 Å². The van der Waals surface area contributed by atoms with Crippen LogP contribution in [0.4, 0.5) is 4.79 Å². The van der Waals surface area contributed by atoms with Gasteiger partial charge in [0, 0.05) is 0 Å². The van der Waals surface area contributed by atoms with Gasteiger partial charge >= 0.3 is 5.30 Å². The summed E-state index contributed by atoms with van der Waals surface area (Å²) in [5.41, 5.74) is 0. The summed E-state index contributed by atoms with van der Waals surface area (Å²) < 4.78 is 26.4. The Kier molecular flexibility index (Phi) is 2.49. The molecule has 66 valence electrons. The van der Waals surface area contributed by atoms with Gasteiger partial charge in [-0.1, -0.05) is 6.07 Å². The van der Waals surface area contributed by atoms with Crippen molar-refractivity contribution in [1.29, 1.82) is 0 Å². The summed E-state index contributed by atoms with van der Waals surface area (Å²) in [6.45, 7) is 0. The maximum atomic E-state index is 11.2. The number of carbonyl (C=O) groups is 1. The fraction of sp³-hybridized carbons (Fsp3) is 0.167. The summed E-state index contributed by atoms with van der Waals surface area (Å²) in [6.07, 6.45) is 0. The normalized spacial score (nSPS) is 11.1. The summed E-state index contributed by atoms with van der Waals surface area (Å²) in [5, 5.41) is 0.362. The standard InChI is InChI=1S/C6H6O4S2/c1-10-6(7)12(8,9)5-3-2-4-11-5/h2-4H,1H3. The maximum Gasteiger partial charge on any atom is 0.430 e. The van der Waals surface area contributed by atoms with Gasteiger partial charge < -0.3 is 4.74 Å². The van der Waals surface area contributed by atoms with Gasteiger partial charge in [-0.05, 0) is 11.4 Å². The van der Waals surface area contributed by atoms with Gasteiger partial charge in [-0.25, -0.2) is 13.2 Å². The third kappa shape index (κ3) is 1.49. The molecule has 0 atom stereocenters. The van der Waals surface area contributed by atoms with Crippen molar-refractivity contribution in [3.05, 3.63) is 17.5 Å². The van der Waals surface area contributed by atoms with Crippen LogP contribution >= 0.6 is 11.3 Å². The topological polar surface area (TPSA) is 60.4 Å². The molecule has 0 aliphatic rings. The van der Waals surface area contributed by atoms with Crippen molar-refractivity contribution < 1.29 is 17.9 Å².